The lowest BCUT2D eigenvalue weighted by atomic mass is 10.0. The van der Waals surface area contributed by atoms with Crippen LogP contribution in [0.1, 0.15) is 31.9 Å². The van der Waals surface area contributed by atoms with Gasteiger partial charge < -0.3 is 9.47 Å². The lowest BCUT2D eigenvalue weighted by Crippen LogP contribution is -2.35. The predicted octanol–water partition coefficient (Wildman–Crippen LogP) is 4.06. The second-order valence-electron chi connectivity index (χ2n) is 7.07. The summed E-state index contributed by atoms with van der Waals surface area (Å²) in [7, 11) is 0. The van der Waals surface area contributed by atoms with Crippen LogP contribution in [-0.2, 0) is 16.0 Å². The van der Waals surface area contributed by atoms with E-state index in [1.165, 1.54) is 5.01 Å². The quantitative estimate of drug-likeness (QED) is 0.408. The number of carbonyl (C=O) groups is 2. The van der Waals surface area contributed by atoms with Crippen molar-refractivity contribution in [2.45, 2.75) is 33.3 Å². The molecule has 2 aromatic rings. The van der Waals surface area contributed by atoms with Gasteiger partial charge in [-0.1, -0.05) is 24.3 Å². The standard InChI is InChI=1S/C24H26N2O4/c1-5-10-18-13-17(15-21(29-6-2)22(18)30-16(3)4)14-20-23(27)25-26(24(20)28)19-11-8-7-9-12-19/h5,7-9,11-16H,1,6,10H2,2-4H3,(H,25,27)/b20-14-. The number of amides is 2. The molecule has 6 nitrogen and oxygen atoms in total. The molecule has 0 spiro atoms. The van der Waals surface area contributed by atoms with Crippen LogP contribution in [0, 0.1) is 0 Å². The highest BCUT2D eigenvalue weighted by Gasteiger charge is 2.34. The van der Waals surface area contributed by atoms with Gasteiger partial charge in [-0.15, -0.1) is 6.58 Å². The number of nitrogens with zero attached hydrogens (tertiary/aromatic N) is 1. The molecule has 0 atom stereocenters. The molecular weight excluding hydrogens is 380 g/mol. The molecule has 156 valence electrons. The van der Waals surface area contributed by atoms with E-state index in [-0.39, 0.29) is 11.7 Å². The molecule has 0 aliphatic carbocycles. The third-order valence-corrected chi connectivity index (χ3v) is 4.39. The third kappa shape index (κ3) is 4.54. The molecule has 3 rings (SSSR count). The fraction of sp³-hybridized carbons (Fsp3) is 0.250. The van der Waals surface area contributed by atoms with E-state index in [2.05, 4.69) is 12.0 Å². The number of anilines is 1. The van der Waals surface area contributed by atoms with Gasteiger partial charge in [0.2, 0.25) is 0 Å². The van der Waals surface area contributed by atoms with Gasteiger partial charge in [-0.25, -0.2) is 5.01 Å². The van der Waals surface area contributed by atoms with Gasteiger partial charge in [-0.2, -0.15) is 0 Å². The Morgan fingerprint density at radius 2 is 1.90 bits per heavy atom. The number of hydrogen-bond acceptors (Lipinski definition) is 4. The minimum absolute atomic E-state index is 0.0291. The Morgan fingerprint density at radius 1 is 1.17 bits per heavy atom. The zero-order chi connectivity index (χ0) is 21.7. The van der Waals surface area contributed by atoms with Gasteiger partial charge in [-0.05, 0) is 63.1 Å². The summed E-state index contributed by atoms with van der Waals surface area (Å²) in [6.07, 6.45) is 3.89. The third-order valence-electron chi connectivity index (χ3n) is 4.39. The normalized spacial score (nSPS) is 14.9. The lowest BCUT2D eigenvalue weighted by Gasteiger charge is -2.19. The van der Waals surface area contributed by atoms with E-state index in [1.54, 1.807) is 42.5 Å². The van der Waals surface area contributed by atoms with Gasteiger partial charge in [0.25, 0.3) is 11.8 Å². The molecule has 1 N–H and O–H groups in total. The Hall–Kier alpha value is -3.54. The Bertz CT molecular complexity index is 980. The minimum atomic E-state index is -0.449. The summed E-state index contributed by atoms with van der Waals surface area (Å²) in [6, 6.07) is 12.6. The molecule has 1 heterocycles. The smallest absolute Gasteiger partial charge is 0.282 e. The van der Waals surface area contributed by atoms with Crippen LogP contribution in [0.25, 0.3) is 6.08 Å². The molecule has 1 fully saturated rings. The van der Waals surface area contributed by atoms with Crippen molar-refractivity contribution in [3.8, 4) is 11.5 Å². The highest BCUT2D eigenvalue weighted by atomic mass is 16.5. The fourth-order valence-electron chi connectivity index (χ4n) is 3.19. The first-order valence-corrected chi connectivity index (χ1v) is 9.94. The van der Waals surface area contributed by atoms with E-state index in [0.717, 1.165) is 5.56 Å². The SMILES string of the molecule is C=CCc1cc(/C=C2/C(=O)NN(c3ccccc3)C2=O)cc(OCC)c1OC(C)C. The van der Waals surface area contributed by atoms with Crippen LogP contribution in [0.2, 0.25) is 0 Å². The van der Waals surface area contributed by atoms with Crippen LogP contribution < -0.4 is 19.9 Å². The van der Waals surface area contributed by atoms with Crippen LogP contribution >= 0.6 is 0 Å². The molecule has 0 saturated carbocycles. The zero-order valence-electron chi connectivity index (χ0n) is 17.5. The van der Waals surface area contributed by atoms with Crippen molar-refractivity contribution in [1.82, 2.24) is 5.43 Å². The summed E-state index contributed by atoms with van der Waals surface area (Å²) in [5.74, 6) is 0.372. The maximum absolute atomic E-state index is 12.9. The largest absolute Gasteiger partial charge is 0.490 e. The first-order chi connectivity index (χ1) is 14.4. The van der Waals surface area contributed by atoms with Crippen LogP contribution in [0.4, 0.5) is 5.69 Å². The summed E-state index contributed by atoms with van der Waals surface area (Å²) in [6.45, 7) is 10.1. The van der Waals surface area contributed by atoms with Crippen molar-refractivity contribution in [2.75, 3.05) is 11.6 Å². The van der Waals surface area contributed by atoms with E-state index >= 15 is 0 Å². The Balaban J connectivity index is 2.02. The number of rotatable bonds is 8. The first-order valence-electron chi connectivity index (χ1n) is 9.94. The molecule has 1 aliphatic heterocycles. The summed E-state index contributed by atoms with van der Waals surface area (Å²) >= 11 is 0. The van der Waals surface area contributed by atoms with Crippen LogP contribution in [0.5, 0.6) is 11.5 Å². The summed E-state index contributed by atoms with van der Waals surface area (Å²) in [4.78, 5) is 25.3. The second-order valence-corrected chi connectivity index (χ2v) is 7.07. The molecule has 2 amide bonds. The summed E-state index contributed by atoms with van der Waals surface area (Å²) < 4.78 is 11.8. The van der Waals surface area contributed by atoms with Gasteiger partial charge in [0.05, 0.1) is 18.4 Å². The van der Waals surface area contributed by atoms with E-state index in [0.29, 0.717) is 35.8 Å². The topological polar surface area (TPSA) is 67.9 Å². The van der Waals surface area contributed by atoms with Gasteiger partial charge in [-0.3, -0.25) is 15.0 Å². The number of carbonyl (C=O) groups excluding carboxylic acids is 2. The van der Waals surface area contributed by atoms with Crippen LogP contribution in [-0.4, -0.2) is 24.5 Å². The van der Waals surface area contributed by atoms with Crippen molar-refractivity contribution in [3.05, 3.63) is 71.8 Å². The number of benzene rings is 2. The van der Waals surface area contributed by atoms with Crippen LogP contribution in [0.3, 0.4) is 0 Å². The number of hydrazine groups is 1. The number of ether oxygens (including phenoxy) is 2. The fourth-order valence-corrected chi connectivity index (χ4v) is 3.19. The molecular formula is C24H26N2O4. The number of para-hydroxylation sites is 1. The summed E-state index contributed by atoms with van der Waals surface area (Å²) in [5, 5.41) is 1.25. The van der Waals surface area contributed by atoms with Gasteiger partial charge >= 0.3 is 0 Å². The van der Waals surface area contributed by atoms with Crippen molar-refractivity contribution in [1.29, 1.82) is 0 Å². The van der Waals surface area contributed by atoms with Crippen LogP contribution in [0.15, 0.2) is 60.7 Å². The molecule has 6 heteroatoms. The Morgan fingerprint density at radius 3 is 2.53 bits per heavy atom. The number of nitrogens with one attached hydrogen (secondary N) is 1. The van der Waals surface area contributed by atoms with Crippen molar-refractivity contribution >= 4 is 23.6 Å². The molecule has 1 aliphatic rings. The van der Waals surface area contributed by atoms with Gasteiger partial charge in [0, 0.05) is 5.56 Å². The average Bonchev–Trinajstić information content (AvgIpc) is 2.99. The van der Waals surface area contributed by atoms with Crippen molar-refractivity contribution in [3.63, 3.8) is 0 Å². The van der Waals surface area contributed by atoms with E-state index in [4.69, 9.17) is 9.47 Å². The number of hydrogen-bond donors (Lipinski definition) is 1. The monoisotopic (exact) mass is 406 g/mol. The van der Waals surface area contributed by atoms with E-state index in [1.807, 2.05) is 32.9 Å². The predicted molar refractivity (Wildman–Crippen MR) is 117 cm³/mol. The molecule has 2 aromatic carbocycles. The van der Waals surface area contributed by atoms with Crippen molar-refractivity contribution in [2.24, 2.45) is 0 Å². The molecule has 0 radical (unpaired) electrons. The minimum Gasteiger partial charge on any atom is -0.490 e. The lowest BCUT2D eigenvalue weighted by molar-refractivity contribution is -0.117. The Kier molecular flexibility index (Phi) is 6.57. The molecule has 0 unspecified atom stereocenters. The highest BCUT2D eigenvalue weighted by Crippen LogP contribution is 2.36. The highest BCUT2D eigenvalue weighted by molar-refractivity contribution is 6.31. The second kappa shape index (κ2) is 9.31. The molecule has 0 aromatic heterocycles. The average molecular weight is 406 g/mol. The van der Waals surface area contributed by atoms with Gasteiger partial charge in [0.1, 0.15) is 5.57 Å². The first kappa shape index (κ1) is 21.2. The zero-order valence-corrected chi connectivity index (χ0v) is 17.5. The Labute approximate surface area is 176 Å². The molecule has 1 saturated heterocycles. The van der Waals surface area contributed by atoms with E-state index < -0.39 is 11.8 Å². The number of allylic oxidation sites excluding steroid dienone is 1. The molecule has 0 bridgehead atoms. The van der Waals surface area contributed by atoms with Gasteiger partial charge in [0.15, 0.2) is 11.5 Å². The van der Waals surface area contributed by atoms with Crippen molar-refractivity contribution < 1.29 is 19.1 Å². The summed E-state index contributed by atoms with van der Waals surface area (Å²) in [5.41, 5.74) is 4.83. The van der Waals surface area contributed by atoms with E-state index in [9.17, 15) is 9.59 Å². The molecule has 30 heavy (non-hydrogen) atoms. The maximum Gasteiger partial charge on any atom is 0.282 e. The maximum atomic E-state index is 12.9.